The van der Waals surface area contributed by atoms with Crippen LogP contribution in [0, 0.1) is 0 Å². The lowest BCUT2D eigenvalue weighted by Crippen LogP contribution is -2.04. The van der Waals surface area contributed by atoms with Crippen molar-refractivity contribution in [2.75, 3.05) is 0 Å². The van der Waals surface area contributed by atoms with E-state index in [2.05, 4.69) is 41.0 Å². The van der Waals surface area contributed by atoms with Crippen molar-refractivity contribution in [3.8, 4) is 34.2 Å². The van der Waals surface area contributed by atoms with E-state index in [0.717, 1.165) is 44.3 Å². The average molecular weight is 441 g/mol. The average Bonchev–Trinajstić information content (AvgIpc) is 3.25. The summed E-state index contributed by atoms with van der Waals surface area (Å²) in [5.41, 5.74) is 5.62. The van der Waals surface area contributed by atoms with Gasteiger partial charge >= 0.3 is 7.69 Å². The van der Waals surface area contributed by atoms with Crippen molar-refractivity contribution in [3.63, 3.8) is 0 Å². The van der Waals surface area contributed by atoms with E-state index in [1.54, 1.807) is 0 Å². The number of rotatable bonds is 5. The molecule has 0 unspecified atom stereocenters. The molecular formula is C28H20BN3O2. The first-order chi connectivity index (χ1) is 16.8. The summed E-state index contributed by atoms with van der Waals surface area (Å²) < 4.78 is 7.63. The molecule has 0 atom stereocenters. The SMILES string of the molecule is OBOc1cccc2c1c1ccccc1n2-c1nc(-c2ccccc2)cc(-c2ccccc2)n1. The lowest BCUT2D eigenvalue weighted by molar-refractivity contribution is 0.457. The zero-order valence-corrected chi connectivity index (χ0v) is 18.3. The first kappa shape index (κ1) is 20.2. The minimum atomic E-state index is -0.392. The van der Waals surface area contributed by atoms with Crippen LogP contribution in [0.2, 0.25) is 0 Å². The molecule has 0 amide bonds. The lowest BCUT2D eigenvalue weighted by Gasteiger charge is -2.12. The summed E-state index contributed by atoms with van der Waals surface area (Å²) in [6.07, 6.45) is 0. The van der Waals surface area contributed by atoms with Crippen LogP contribution in [0.4, 0.5) is 0 Å². The fraction of sp³-hybridized carbons (Fsp3) is 0. The van der Waals surface area contributed by atoms with Crippen LogP contribution in [0.25, 0.3) is 50.3 Å². The van der Waals surface area contributed by atoms with E-state index >= 15 is 0 Å². The number of para-hydroxylation sites is 1. The van der Waals surface area contributed by atoms with Crippen LogP contribution in [-0.4, -0.2) is 27.2 Å². The number of hydrogen-bond donors (Lipinski definition) is 1. The van der Waals surface area contributed by atoms with Gasteiger partial charge in [0.25, 0.3) is 0 Å². The molecule has 4 aromatic carbocycles. The Morgan fingerprint density at radius 2 is 1.24 bits per heavy atom. The van der Waals surface area contributed by atoms with Crippen molar-refractivity contribution in [3.05, 3.63) is 109 Å². The summed E-state index contributed by atoms with van der Waals surface area (Å²) in [5, 5.41) is 11.4. The van der Waals surface area contributed by atoms with Gasteiger partial charge in [-0.05, 0) is 24.3 Å². The molecule has 0 bridgehead atoms. The monoisotopic (exact) mass is 441 g/mol. The van der Waals surface area contributed by atoms with E-state index in [1.165, 1.54) is 0 Å². The van der Waals surface area contributed by atoms with Crippen molar-refractivity contribution >= 4 is 29.5 Å². The first-order valence-electron chi connectivity index (χ1n) is 11.1. The van der Waals surface area contributed by atoms with Crippen molar-refractivity contribution in [1.29, 1.82) is 0 Å². The second kappa shape index (κ2) is 8.50. The van der Waals surface area contributed by atoms with Crippen LogP contribution in [0.1, 0.15) is 0 Å². The zero-order chi connectivity index (χ0) is 22.9. The van der Waals surface area contributed by atoms with Gasteiger partial charge in [-0.3, -0.25) is 4.57 Å². The third kappa shape index (κ3) is 3.41. The van der Waals surface area contributed by atoms with Gasteiger partial charge < -0.3 is 9.68 Å². The minimum absolute atomic E-state index is 0.392. The maximum Gasteiger partial charge on any atom is 0.504 e. The quantitative estimate of drug-likeness (QED) is 0.357. The molecule has 6 aromatic rings. The van der Waals surface area contributed by atoms with E-state index in [1.807, 2.05) is 72.8 Å². The first-order valence-corrected chi connectivity index (χ1v) is 11.1. The van der Waals surface area contributed by atoms with Crippen LogP contribution in [0.3, 0.4) is 0 Å². The molecule has 2 heterocycles. The highest BCUT2D eigenvalue weighted by Gasteiger charge is 2.18. The molecule has 0 aliphatic carbocycles. The van der Waals surface area contributed by atoms with Gasteiger partial charge in [-0.15, -0.1) is 0 Å². The highest BCUT2D eigenvalue weighted by molar-refractivity contribution is 6.20. The third-order valence-corrected chi connectivity index (χ3v) is 5.93. The fourth-order valence-electron chi connectivity index (χ4n) is 4.44. The molecule has 5 nitrogen and oxygen atoms in total. The second-order valence-corrected chi connectivity index (χ2v) is 7.95. The Morgan fingerprint density at radius 3 is 1.88 bits per heavy atom. The van der Waals surface area contributed by atoms with Crippen LogP contribution < -0.4 is 4.65 Å². The summed E-state index contributed by atoms with van der Waals surface area (Å²) in [4.78, 5) is 10.0. The van der Waals surface area contributed by atoms with Gasteiger partial charge in [-0.2, -0.15) is 0 Å². The summed E-state index contributed by atoms with van der Waals surface area (Å²) in [7, 11) is -0.392. The number of benzene rings is 4. The molecule has 0 saturated heterocycles. The molecule has 0 aliphatic rings. The largest absolute Gasteiger partial charge is 0.538 e. The van der Waals surface area contributed by atoms with Crippen LogP contribution in [0.5, 0.6) is 5.75 Å². The number of nitrogens with zero attached hydrogens (tertiary/aromatic N) is 3. The second-order valence-electron chi connectivity index (χ2n) is 7.95. The summed E-state index contributed by atoms with van der Waals surface area (Å²) in [6.45, 7) is 0. The molecular weight excluding hydrogens is 421 g/mol. The predicted octanol–water partition coefficient (Wildman–Crippen LogP) is 5.55. The molecule has 0 fully saturated rings. The van der Waals surface area contributed by atoms with Crippen LogP contribution in [-0.2, 0) is 0 Å². The molecule has 2 aromatic heterocycles. The Hall–Kier alpha value is -4.42. The molecule has 6 rings (SSSR count). The maximum atomic E-state index is 9.45. The van der Waals surface area contributed by atoms with Crippen LogP contribution >= 0.6 is 0 Å². The Morgan fingerprint density at radius 1 is 0.647 bits per heavy atom. The normalized spacial score (nSPS) is 11.1. The van der Waals surface area contributed by atoms with Gasteiger partial charge in [-0.25, -0.2) is 9.97 Å². The van der Waals surface area contributed by atoms with E-state index in [0.29, 0.717) is 11.7 Å². The lowest BCUT2D eigenvalue weighted by atomic mass is 10.1. The molecule has 0 radical (unpaired) electrons. The van der Waals surface area contributed by atoms with E-state index in [4.69, 9.17) is 14.6 Å². The molecule has 162 valence electrons. The van der Waals surface area contributed by atoms with E-state index in [-0.39, 0.29) is 0 Å². The maximum absolute atomic E-state index is 9.45. The van der Waals surface area contributed by atoms with Gasteiger partial charge in [0.05, 0.1) is 22.4 Å². The molecule has 0 aliphatic heterocycles. The van der Waals surface area contributed by atoms with E-state index < -0.39 is 7.69 Å². The van der Waals surface area contributed by atoms with Gasteiger partial charge in [0.1, 0.15) is 5.75 Å². The Balaban J connectivity index is 1.69. The van der Waals surface area contributed by atoms with Gasteiger partial charge in [0.15, 0.2) is 0 Å². The summed E-state index contributed by atoms with van der Waals surface area (Å²) >= 11 is 0. The van der Waals surface area contributed by atoms with Crippen molar-refractivity contribution in [1.82, 2.24) is 14.5 Å². The zero-order valence-electron chi connectivity index (χ0n) is 18.3. The highest BCUT2D eigenvalue weighted by atomic mass is 16.5. The Labute approximate surface area is 197 Å². The standard InChI is InChI=1S/C28H20BN3O2/c33-29-34-26-17-9-16-25-27(26)21-14-7-8-15-24(21)32(25)28-30-22(19-10-3-1-4-11-19)18-23(31-28)20-12-5-2-6-13-20/h1-18,29,33H. The van der Waals surface area contributed by atoms with Gasteiger partial charge in [0, 0.05) is 21.9 Å². The minimum Gasteiger partial charge on any atom is -0.538 e. The Bertz CT molecular complexity index is 1560. The summed E-state index contributed by atoms with van der Waals surface area (Å²) in [5.74, 6) is 1.20. The van der Waals surface area contributed by atoms with E-state index in [9.17, 15) is 5.02 Å². The third-order valence-electron chi connectivity index (χ3n) is 5.93. The molecule has 0 spiro atoms. The van der Waals surface area contributed by atoms with Crippen molar-refractivity contribution in [2.45, 2.75) is 0 Å². The topological polar surface area (TPSA) is 60.2 Å². The van der Waals surface area contributed by atoms with Gasteiger partial charge in [-0.1, -0.05) is 84.9 Å². The predicted molar refractivity (Wildman–Crippen MR) is 137 cm³/mol. The fourth-order valence-corrected chi connectivity index (χ4v) is 4.44. The molecule has 0 saturated carbocycles. The number of fused-ring (bicyclic) bond motifs is 3. The summed E-state index contributed by atoms with van der Waals surface area (Å²) in [6, 6.07) is 36.2. The van der Waals surface area contributed by atoms with Crippen molar-refractivity contribution in [2.24, 2.45) is 0 Å². The number of aromatic nitrogens is 3. The smallest absolute Gasteiger partial charge is 0.504 e. The number of hydrogen-bond acceptors (Lipinski definition) is 4. The van der Waals surface area contributed by atoms with Crippen LogP contribution in [0.15, 0.2) is 109 Å². The highest BCUT2D eigenvalue weighted by Crippen LogP contribution is 2.37. The van der Waals surface area contributed by atoms with Gasteiger partial charge in [0.2, 0.25) is 5.95 Å². The van der Waals surface area contributed by atoms with Crippen molar-refractivity contribution < 1.29 is 9.68 Å². The Kier molecular flexibility index (Phi) is 5.05. The molecule has 34 heavy (non-hydrogen) atoms. The molecule has 6 heteroatoms. The molecule has 1 N–H and O–H groups in total.